The summed E-state index contributed by atoms with van der Waals surface area (Å²) >= 11 is 0. The van der Waals surface area contributed by atoms with Crippen LogP contribution in [0, 0.1) is 11.8 Å². The smallest absolute Gasteiger partial charge is 0.279 e. The molecular weight excluding hydrogens is 254 g/mol. The zero-order valence-electron chi connectivity index (χ0n) is 11.3. The Balaban J connectivity index is 2.45. The molecule has 1 saturated heterocycles. The molecule has 0 saturated carbocycles. The molecule has 0 aromatic heterocycles. The lowest BCUT2D eigenvalue weighted by Gasteiger charge is -2.33. The number of piperidine rings is 1. The van der Waals surface area contributed by atoms with Crippen molar-refractivity contribution in [2.24, 2.45) is 11.8 Å². The summed E-state index contributed by atoms with van der Waals surface area (Å²) in [7, 11) is -3.42. The number of carbonyl (C=O) groups is 1. The number of nitrogens with zero attached hydrogens (tertiary/aromatic N) is 1. The Morgan fingerprint density at radius 2 is 1.78 bits per heavy atom. The van der Waals surface area contributed by atoms with E-state index < -0.39 is 10.2 Å². The molecule has 1 heterocycles. The summed E-state index contributed by atoms with van der Waals surface area (Å²) in [5, 5.41) is 2.55. The summed E-state index contributed by atoms with van der Waals surface area (Å²) < 4.78 is 28.1. The van der Waals surface area contributed by atoms with Gasteiger partial charge in [0.15, 0.2) is 0 Å². The summed E-state index contributed by atoms with van der Waals surface area (Å²) in [5.74, 6) is 0.621. The Morgan fingerprint density at radius 1 is 1.22 bits per heavy atom. The first-order chi connectivity index (χ1) is 8.31. The van der Waals surface area contributed by atoms with E-state index in [0.29, 0.717) is 31.5 Å². The molecule has 18 heavy (non-hydrogen) atoms. The molecule has 1 rings (SSSR count). The van der Waals surface area contributed by atoms with Crippen LogP contribution in [0.5, 0.6) is 0 Å². The minimum atomic E-state index is -3.42. The number of nitrogens with one attached hydrogen (secondary N) is 2. The second kappa shape index (κ2) is 6.49. The normalized spacial score (nSPS) is 25.9. The molecule has 1 aliphatic rings. The largest absolute Gasteiger partial charge is 0.355 e. The summed E-state index contributed by atoms with van der Waals surface area (Å²) in [4.78, 5) is 10.7. The van der Waals surface area contributed by atoms with Gasteiger partial charge in [-0.1, -0.05) is 13.8 Å². The van der Waals surface area contributed by atoms with Crippen molar-refractivity contribution in [1.29, 1.82) is 0 Å². The first kappa shape index (κ1) is 15.4. The topological polar surface area (TPSA) is 78.5 Å². The molecule has 0 bridgehead atoms. The number of amides is 1. The first-order valence-electron chi connectivity index (χ1n) is 6.30. The summed E-state index contributed by atoms with van der Waals surface area (Å²) in [5.41, 5.74) is 0. The van der Waals surface area contributed by atoms with Crippen LogP contribution in [0.15, 0.2) is 0 Å². The zero-order chi connectivity index (χ0) is 13.8. The van der Waals surface area contributed by atoms with Crippen molar-refractivity contribution < 1.29 is 13.2 Å². The van der Waals surface area contributed by atoms with Crippen LogP contribution in [0.4, 0.5) is 0 Å². The fourth-order valence-electron chi connectivity index (χ4n) is 2.31. The van der Waals surface area contributed by atoms with Crippen molar-refractivity contribution in [3.05, 3.63) is 0 Å². The standard InChI is InChI=1S/C11H23N3O3S/c1-9-6-10(2)8-14(7-9)18(16,17)13-5-4-12-11(3)15/h9-10,13H,4-8H2,1-3H3,(H,12,15). The molecule has 0 aromatic rings. The molecule has 0 aliphatic carbocycles. The van der Waals surface area contributed by atoms with Gasteiger partial charge >= 0.3 is 0 Å². The van der Waals surface area contributed by atoms with Gasteiger partial charge in [-0.2, -0.15) is 12.7 Å². The van der Waals surface area contributed by atoms with E-state index in [1.54, 1.807) is 0 Å². The zero-order valence-corrected chi connectivity index (χ0v) is 12.1. The first-order valence-corrected chi connectivity index (χ1v) is 7.74. The fourth-order valence-corrected chi connectivity index (χ4v) is 3.76. The minimum absolute atomic E-state index is 0.158. The summed E-state index contributed by atoms with van der Waals surface area (Å²) in [6.07, 6.45) is 1.07. The van der Waals surface area contributed by atoms with Gasteiger partial charge in [-0.25, -0.2) is 4.72 Å². The van der Waals surface area contributed by atoms with Crippen LogP contribution in [0.2, 0.25) is 0 Å². The molecule has 0 spiro atoms. The lowest BCUT2D eigenvalue weighted by atomic mass is 9.94. The van der Waals surface area contributed by atoms with E-state index in [9.17, 15) is 13.2 Å². The van der Waals surface area contributed by atoms with E-state index in [4.69, 9.17) is 0 Å². The second-order valence-corrected chi connectivity index (χ2v) is 6.90. The van der Waals surface area contributed by atoms with Gasteiger partial charge in [0, 0.05) is 33.1 Å². The molecule has 106 valence electrons. The van der Waals surface area contributed by atoms with Gasteiger partial charge in [-0.3, -0.25) is 4.79 Å². The lowest BCUT2D eigenvalue weighted by Crippen LogP contribution is -2.49. The third-order valence-corrected chi connectivity index (χ3v) is 4.51. The quantitative estimate of drug-likeness (QED) is 0.691. The van der Waals surface area contributed by atoms with Crippen LogP contribution in [0.3, 0.4) is 0 Å². The lowest BCUT2D eigenvalue weighted by molar-refractivity contribution is -0.118. The monoisotopic (exact) mass is 277 g/mol. The van der Waals surface area contributed by atoms with Gasteiger partial charge in [-0.05, 0) is 18.3 Å². The Hall–Kier alpha value is -0.660. The number of hydrogen-bond acceptors (Lipinski definition) is 3. The van der Waals surface area contributed by atoms with Gasteiger partial charge in [0.05, 0.1) is 0 Å². The van der Waals surface area contributed by atoms with Gasteiger partial charge in [0.1, 0.15) is 0 Å². The highest BCUT2D eigenvalue weighted by Gasteiger charge is 2.29. The Labute approximate surface area is 109 Å². The number of hydrogen-bond donors (Lipinski definition) is 2. The molecule has 2 atom stereocenters. The molecule has 6 nitrogen and oxygen atoms in total. The second-order valence-electron chi connectivity index (χ2n) is 5.15. The third kappa shape index (κ3) is 4.91. The van der Waals surface area contributed by atoms with Crippen molar-refractivity contribution in [1.82, 2.24) is 14.3 Å². The summed E-state index contributed by atoms with van der Waals surface area (Å²) in [6, 6.07) is 0. The number of carbonyl (C=O) groups excluding carboxylic acids is 1. The van der Waals surface area contributed by atoms with Crippen LogP contribution in [-0.2, 0) is 15.0 Å². The van der Waals surface area contributed by atoms with E-state index >= 15 is 0 Å². The molecule has 7 heteroatoms. The third-order valence-electron chi connectivity index (χ3n) is 2.96. The van der Waals surface area contributed by atoms with Crippen LogP contribution < -0.4 is 10.0 Å². The van der Waals surface area contributed by atoms with Crippen LogP contribution in [0.1, 0.15) is 27.2 Å². The van der Waals surface area contributed by atoms with Crippen molar-refractivity contribution in [3.63, 3.8) is 0 Å². The average Bonchev–Trinajstić information content (AvgIpc) is 2.23. The van der Waals surface area contributed by atoms with Gasteiger partial charge < -0.3 is 5.32 Å². The van der Waals surface area contributed by atoms with E-state index in [1.807, 2.05) is 0 Å². The van der Waals surface area contributed by atoms with Gasteiger partial charge in [0.2, 0.25) is 5.91 Å². The predicted octanol–water partition coefficient (Wildman–Crippen LogP) is -0.0652. The molecule has 0 aromatic carbocycles. The Kier molecular flexibility index (Phi) is 5.55. The molecular formula is C11H23N3O3S. The molecule has 1 amide bonds. The van der Waals surface area contributed by atoms with E-state index in [-0.39, 0.29) is 12.5 Å². The fraction of sp³-hybridized carbons (Fsp3) is 0.909. The molecule has 1 aliphatic heterocycles. The van der Waals surface area contributed by atoms with E-state index in [1.165, 1.54) is 11.2 Å². The highest BCUT2D eigenvalue weighted by molar-refractivity contribution is 7.87. The molecule has 0 radical (unpaired) electrons. The SMILES string of the molecule is CC(=O)NCCNS(=O)(=O)N1CC(C)CC(C)C1. The number of rotatable bonds is 5. The van der Waals surface area contributed by atoms with Crippen molar-refractivity contribution in [3.8, 4) is 0 Å². The van der Waals surface area contributed by atoms with Crippen LogP contribution >= 0.6 is 0 Å². The highest BCUT2D eigenvalue weighted by Crippen LogP contribution is 2.22. The van der Waals surface area contributed by atoms with Crippen molar-refractivity contribution in [2.75, 3.05) is 26.2 Å². The highest BCUT2D eigenvalue weighted by atomic mass is 32.2. The van der Waals surface area contributed by atoms with E-state index in [0.717, 1.165) is 6.42 Å². The Morgan fingerprint density at radius 3 is 2.28 bits per heavy atom. The van der Waals surface area contributed by atoms with Crippen LogP contribution in [0.25, 0.3) is 0 Å². The maximum Gasteiger partial charge on any atom is 0.279 e. The van der Waals surface area contributed by atoms with Gasteiger partial charge in [-0.15, -0.1) is 0 Å². The average molecular weight is 277 g/mol. The molecule has 2 N–H and O–H groups in total. The predicted molar refractivity (Wildman–Crippen MR) is 70.1 cm³/mol. The maximum absolute atomic E-state index is 12.0. The Bertz CT molecular complexity index is 373. The van der Waals surface area contributed by atoms with Gasteiger partial charge in [0.25, 0.3) is 10.2 Å². The van der Waals surface area contributed by atoms with Crippen LogP contribution in [-0.4, -0.2) is 44.8 Å². The summed E-state index contributed by atoms with van der Waals surface area (Å²) in [6.45, 7) is 7.21. The minimum Gasteiger partial charge on any atom is -0.355 e. The van der Waals surface area contributed by atoms with Crippen molar-refractivity contribution in [2.45, 2.75) is 27.2 Å². The maximum atomic E-state index is 12.0. The molecule has 1 fully saturated rings. The van der Waals surface area contributed by atoms with Crippen molar-refractivity contribution >= 4 is 16.1 Å². The molecule has 2 unspecified atom stereocenters. The van der Waals surface area contributed by atoms with E-state index in [2.05, 4.69) is 23.9 Å².